The van der Waals surface area contributed by atoms with Gasteiger partial charge >= 0.3 is 0 Å². The Hall–Kier alpha value is -2.09. The molecule has 0 radical (unpaired) electrons. The van der Waals surface area contributed by atoms with Crippen molar-refractivity contribution in [2.24, 2.45) is 0 Å². The van der Waals surface area contributed by atoms with Crippen LogP contribution in [-0.4, -0.2) is 5.91 Å². The highest BCUT2D eigenvalue weighted by Crippen LogP contribution is 2.21. The fourth-order valence-electron chi connectivity index (χ4n) is 2.33. The molecule has 0 aliphatic heterocycles. The summed E-state index contributed by atoms with van der Waals surface area (Å²) in [7, 11) is 0. The molecule has 0 unspecified atom stereocenters. The molecular weight excluding hydrogens is 246 g/mol. The van der Waals surface area contributed by atoms with Crippen LogP contribution in [0.2, 0.25) is 0 Å². The third-order valence-electron chi connectivity index (χ3n) is 3.52. The van der Waals surface area contributed by atoms with E-state index in [9.17, 15) is 4.79 Å². The minimum absolute atomic E-state index is 0.0632. The second-order valence-electron chi connectivity index (χ2n) is 5.38. The number of nitrogens with one attached hydrogen (secondary N) is 1. The second-order valence-corrected chi connectivity index (χ2v) is 5.38. The van der Waals surface area contributed by atoms with Gasteiger partial charge in [0.15, 0.2) is 0 Å². The Labute approximate surface area is 120 Å². The molecule has 0 aromatic heterocycles. The third kappa shape index (κ3) is 3.70. The number of rotatable bonds is 4. The topological polar surface area (TPSA) is 29.1 Å². The summed E-state index contributed by atoms with van der Waals surface area (Å²) >= 11 is 0. The zero-order valence-electron chi connectivity index (χ0n) is 12.3. The molecule has 104 valence electrons. The molecule has 1 atom stereocenters. The van der Waals surface area contributed by atoms with E-state index in [0.29, 0.717) is 6.42 Å². The van der Waals surface area contributed by atoms with Gasteiger partial charge in [-0.25, -0.2) is 0 Å². The van der Waals surface area contributed by atoms with E-state index in [-0.39, 0.29) is 11.8 Å². The Morgan fingerprint density at radius 3 is 2.45 bits per heavy atom. The average Bonchev–Trinajstić information content (AvgIpc) is 2.43. The van der Waals surface area contributed by atoms with Crippen LogP contribution < -0.4 is 5.32 Å². The number of carbonyl (C=O) groups excluding carboxylic acids is 1. The summed E-state index contributed by atoms with van der Waals surface area (Å²) in [6, 6.07) is 16.2. The van der Waals surface area contributed by atoms with Crippen LogP contribution in [0, 0.1) is 13.8 Å². The molecule has 0 saturated heterocycles. The molecule has 1 N–H and O–H groups in total. The highest BCUT2D eigenvalue weighted by molar-refractivity contribution is 5.92. The molecule has 20 heavy (non-hydrogen) atoms. The maximum atomic E-state index is 12.1. The maximum absolute atomic E-state index is 12.1. The Balaban J connectivity index is 1.99. The van der Waals surface area contributed by atoms with Gasteiger partial charge in [0.1, 0.15) is 0 Å². The lowest BCUT2D eigenvalue weighted by Gasteiger charge is -2.13. The van der Waals surface area contributed by atoms with Gasteiger partial charge in [-0.1, -0.05) is 55.0 Å². The standard InChI is InChI=1S/C18H21NO/c1-13-9-10-17(15(3)11-13)19-18(20)12-14(2)16-7-5-4-6-8-16/h4-11,14H,12H2,1-3H3,(H,19,20)/t14-/m0/s1. The highest BCUT2D eigenvalue weighted by atomic mass is 16.1. The number of carbonyl (C=O) groups is 1. The minimum Gasteiger partial charge on any atom is -0.326 e. The van der Waals surface area contributed by atoms with Crippen molar-refractivity contribution in [2.45, 2.75) is 33.1 Å². The van der Waals surface area contributed by atoms with E-state index in [0.717, 1.165) is 11.3 Å². The number of benzene rings is 2. The fraction of sp³-hybridized carbons (Fsp3) is 0.278. The highest BCUT2D eigenvalue weighted by Gasteiger charge is 2.11. The predicted octanol–water partition coefficient (Wildman–Crippen LogP) is 4.44. The third-order valence-corrected chi connectivity index (χ3v) is 3.52. The number of hydrogen-bond acceptors (Lipinski definition) is 1. The van der Waals surface area contributed by atoms with Crippen LogP contribution in [0.4, 0.5) is 5.69 Å². The molecule has 0 spiro atoms. The lowest BCUT2D eigenvalue weighted by Crippen LogP contribution is -2.15. The van der Waals surface area contributed by atoms with Gasteiger partial charge in [-0.05, 0) is 37.0 Å². The van der Waals surface area contributed by atoms with Gasteiger partial charge in [0, 0.05) is 12.1 Å². The van der Waals surface area contributed by atoms with Crippen LogP contribution >= 0.6 is 0 Å². The van der Waals surface area contributed by atoms with Gasteiger partial charge in [-0.15, -0.1) is 0 Å². The van der Waals surface area contributed by atoms with Gasteiger partial charge in [0.05, 0.1) is 0 Å². The van der Waals surface area contributed by atoms with Crippen molar-refractivity contribution in [3.8, 4) is 0 Å². The summed E-state index contributed by atoms with van der Waals surface area (Å²) in [5.41, 5.74) is 4.41. The number of anilines is 1. The molecular formula is C18H21NO. The quantitative estimate of drug-likeness (QED) is 0.872. The van der Waals surface area contributed by atoms with E-state index in [1.54, 1.807) is 0 Å². The van der Waals surface area contributed by atoms with E-state index in [2.05, 4.69) is 37.4 Å². The number of hydrogen-bond donors (Lipinski definition) is 1. The molecule has 2 aromatic rings. The second kappa shape index (κ2) is 6.38. The van der Waals surface area contributed by atoms with Crippen molar-refractivity contribution < 1.29 is 4.79 Å². The fourth-order valence-corrected chi connectivity index (χ4v) is 2.33. The summed E-state index contributed by atoms with van der Waals surface area (Å²) in [6.45, 7) is 6.15. The van der Waals surface area contributed by atoms with E-state index in [1.165, 1.54) is 11.1 Å². The summed E-state index contributed by atoms with van der Waals surface area (Å²) in [5.74, 6) is 0.287. The normalized spacial score (nSPS) is 11.9. The molecule has 0 heterocycles. The zero-order valence-corrected chi connectivity index (χ0v) is 12.3. The summed E-state index contributed by atoms with van der Waals surface area (Å²) in [4.78, 5) is 12.1. The van der Waals surface area contributed by atoms with Crippen LogP contribution in [0.1, 0.15) is 36.0 Å². The van der Waals surface area contributed by atoms with Gasteiger partial charge in [-0.2, -0.15) is 0 Å². The van der Waals surface area contributed by atoms with E-state index < -0.39 is 0 Å². The van der Waals surface area contributed by atoms with Gasteiger partial charge in [0.25, 0.3) is 0 Å². The summed E-state index contributed by atoms with van der Waals surface area (Å²) in [5, 5.41) is 3.00. The first-order valence-corrected chi connectivity index (χ1v) is 6.98. The van der Waals surface area contributed by atoms with E-state index in [4.69, 9.17) is 0 Å². The molecule has 0 aliphatic rings. The lowest BCUT2D eigenvalue weighted by atomic mass is 9.97. The van der Waals surface area contributed by atoms with Crippen molar-refractivity contribution >= 4 is 11.6 Å². The van der Waals surface area contributed by atoms with Crippen molar-refractivity contribution in [3.05, 3.63) is 65.2 Å². The first-order valence-electron chi connectivity index (χ1n) is 6.98. The SMILES string of the molecule is Cc1ccc(NC(=O)C[C@H](C)c2ccccc2)c(C)c1. The summed E-state index contributed by atoms with van der Waals surface area (Å²) in [6.07, 6.45) is 0.497. The molecule has 0 bridgehead atoms. The molecule has 1 amide bonds. The van der Waals surface area contributed by atoms with Crippen LogP contribution in [0.5, 0.6) is 0 Å². The van der Waals surface area contributed by atoms with Crippen LogP contribution in [0.3, 0.4) is 0 Å². The van der Waals surface area contributed by atoms with Gasteiger partial charge < -0.3 is 5.32 Å². The largest absolute Gasteiger partial charge is 0.326 e. The molecule has 2 heteroatoms. The molecule has 2 rings (SSSR count). The number of amides is 1. The first kappa shape index (κ1) is 14.3. The molecule has 0 fully saturated rings. The van der Waals surface area contributed by atoms with Crippen LogP contribution in [0.25, 0.3) is 0 Å². The Kier molecular flexibility index (Phi) is 4.57. The molecule has 0 aliphatic carbocycles. The van der Waals surface area contributed by atoms with E-state index >= 15 is 0 Å². The minimum atomic E-state index is 0.0632. The smallest absolute Gasteiger partial charge is 0.224 e. The average molecular weight is 267 g/mol. The zero-order chi connectivity index (χ0) is 14.5. The maximum Gasteiger partial charge on any atom is 0.224 e. The molecule has 2 aromatic carbocycles. The molecule has 2 nitrogen and oxygen atoms in total. The van der Waals surface area contributed by atoms with Crippen LogP contribution in [0.15, 0.2) is 48.5 Å². The number of aryl methyl sites for hydroxylation is 2. The van der Waals surface area contributed by atoms with Crippen molar-refractivity contribution in [1.82, 2.24) is 0 Å². The Bertz CT molecular complexity index is 590. The monoisotopic (exact) mass is 267 g/mol. The predicted molar refractivity (Wildman–Crippen MR) is 84.0 cm³/mol. The van der Waals surface area contributed by atoms with Crippen molar-refractivity contribution in [1.29, 1.82) is 0 Å². The summed E-state index contributed by atoms with van der Waals surface area (Å²) < 4.78 is 0. The lowest BCUT2D eigenvalue weighted by molar-refractivity contribution is -0.116. The van der Waals surface area contributed by atoms with Crippen molar-refractivity contribution in [3.63, 3.8) is 0 Å². The Morgan fingerprint density at radius 2 is 1.80 bits per heavy atom. The Morgan fingerprint density at radius 1 is 1.10 bits per heavy atom. The van der Waals surface area contributed by atoms with E-state index in [1.807, 2.05) is 37.3 Å². The van der Waals surface area contributed by atoms with Gasteiger partial charge in [0.2, 0.25) is 5.91 Å². The van der Waals surface area contributed by atoms with Gasteiger partial charge in [-0.3, -0.25) is 4.79 Å². The van der Waals surface area contributed by atoms with Crippen molar-refractivity contribution in [2.75, 3.05) is 5.32 Å². The molecule has 0 saturated carbocycles. The van der Waals surface area contributed by atoms with Crippen LogP contribution in [-0.2, 0) is 4.79 Å². The first-order chi connectivity index (χ1) is 9.56.